The number of rotatable bonds is 9. The number of ketones is 1. The molecule has 32 heavy (non-hydrogen) atoms. The van der Waals surface area contributed by atoms with Gasteiger partial charge >= 0.3 is 0 Å². The summed E-state index contributed by atoms with van der Waals surface area (Å²) in [5.74, 6) is -2.13. The predicted molar refractivity (Wildman–Crippen MR) is 121 cm³/mol. The molecule has 0 aliphatic heterocycles. The second-order valence-electron chi connectivity index (χ2n) is 7.45. The minimum absolute atomic E-state index is 0.0628. The first-order valence-electron chi connectivity index (χ1n) is 10.3. The van der Waals surface area contributed by atoms with Crippen molar-refractivity contribution in [3.8, 4) is 0 Å². The molecule has 0 spiro atoms. The standard InChI is InChI=1S/C25H25N3O4/c1-17-12-13-21(29)28-22(17)24(31)27-20(16-19-10-6-3-7-11-19)23(30)25(32)26-15-14-18-8-4-2-5-9-18/h2-13,20H,14-16H2,1H3,(H,26,32)(H,27,31)(H,28,29)/t20-/m0/s1. The number of aromatic amines is 1. The molecule has 0 aliphatic carbocycles. The van der Waals surface area contributed by atoms with E-state index in [-0.39, 0.29) is 12.1 Å². The highest BCUT2D eigenvalue weighted by Gasteiger charge is 2.28. The Labute approximate surface area is 185 Å². The number of amides is 2. The van der Waals surface area contributed by atoms with Gasteiger partial charge in [-0.1, -0.05) is 66.7 Å². The van der Waals surface area contributed by atoms with Crippen LogP contribution < -0.4 is 16.2 Å². The number of carbonyl (C=O) groups excluding carboxylic acids is 3. The van der Waals surface area contributed by atoms with Gasteiger partial charge in [-0.05, 0) is 30.0 Å². The Kier molecular flexibility index (Phi) is 7.70. The van der Waals surface area contributed by atoms with Crippen molar-refractivity contribution in [2.75, 3.05) is 6.54 Å². The average molecular weight is 431 g/mol. The lowest BCUT2D eigenvalue weighted by Gasteiger charge is -2.18. The average Bonchev–Trinajstić information content (AvgIpc) is 2.81. The van der Waals surface area contributed by atoms with Gasteiger partial charge in [-0.15, -0.1) is 0 Å². The summed E-state index contributed by atoms with van der Waals surface area (Å²) in [5, 5.41) is 5.25. The van der Waals surface area contributed by atoms with Gasteiger partial charge in [0, 0.05) is 19.0 Å². The fraction of sp³-hybridized carbons (Fsp3) is 0.200. The Morgan fingerprint density at radius 2 is 1.50 bits per heavy atom. The number of pyridine rings is 1. The van der Waals surface area contributed by atoms with Crippen LogP contribution in [0.15, 0.2) is 77.6 Å². The molecule has 7 heteroatoms. The third-order valence-electron chi connectivity index (χ3n) is 5.02. The molecule has 1 aromatic heterocycles. The van der Waals surface area contributed by atoms with Crippen molar-refractivity contribution < 1.29 is 14.4 Å². The fourth-order valence-corrected chi connectivity index (χ4v) is 3.28. The maximum absolute atomic E-state index is 12.9. The Balaban J connectivity index is 1.71. The van der Waals surface area contributed by atoms with Gasteiger partial charge in [-0.25, -0.2) is 0 Å². The fourth-order valence-electron chi connectivity index (χ4n) is 3.28. The number of Topliss-reactive ketones (excluding diaryl/α,β-unsaturated/α-hetero) is 1. The molecule has 1 atom stereocenters. The molecule has 3 N–H and O–H groups in total. The summed E-state index contributed by atoms with van der Waals surface area (Å²) in [6.45, 7) is 1.97. The van der Waals surface area contributed by atoms with E-state index in [2.05, 4.69) is 15.6 Å². The quantitative estimate of drug-likeness (QED) is 0.450. The molecule has 0 saturated carbocycles. The van der Waals surface area contributed by atoms with Crippen molar-refractivity contribution in [2.24, 2.45) is 0 Å². The van der Waals surface area contributed by atoms with Gasteiger partial charge in [0.25, 0.3) is 11.8 Å². The zero-order valence-electron chi connectivity index (χ0n) is 17.8. The molecule has 7 nitrogen and oxygen atoms in total. The van der Waals surface area contributed by atoms with E-state index >= 15 is 0 Å². The third-order valence-corrected chi connectivity index (χ3v) is 5.02. The first kappa shape index (κ1) is 22.7. The molecule has 2 aromatic carbocycles. The Morgan fingerprint density at radius 3 is 2.16 bits per heavy atom. The van der Waals surface area contributed by atoms with E-state index in [9.17, 15) is 19.2 Å². The maximum Gasteiger partial charge on any atom is 0.289 e. The number of hydrogen-bond acceptors (Lipinski definition) is 4. The van der Waals surface area contributed by atoms with Crippen molar-refractivity contribution in [2.45, 2.75) is 25.8 Å². The van der Waals surface area contributed by atoms with Crippen LogP contribution in [0.4, 0.5) is 0 Å². The smallest absolute Gasteiger partial charge is 0.289 e. The van der Waals surface area contributed by atoms with E-state index in [0.29, 0.717) is 18.5 Å². The van der Waals surface area contributed by atoms with Crippen LogP contribution in [-0.4, -0.2) is 35.2 Å². The molecule has 2 amide bonds. The Bertz CT molecular complexity index is 1140. The minimum atomic E-state index is -1.08. The molecular weight excluding hydrogens is 406 g/mol. The van der Waals surface area contributed by atoms with Gasteiger partial charge in [0.2, 0.25) is 11.3 Å². The lowest BCUT2D eigenvalue weighted by molar-refractivity contribution is -0.138. The molecule has 1 heterocycles. The predicted octanol–water partition coefficient (Wildman–Crippen LogP) is 1.95. The van der Waals surface area contributed by atoms with E-state index in [1.807, 2.05) is 60.7 Å². The zero-order chi connectivity index (χ0) is 22.9. The summed E-state index contributed by atoms with van der Waals surface area (Å²) in [4.78, 5) is 52.3. The third kappa shape index (κ3) is 6.25. The minimum Gasteiger partial charge on any atom is -0.349 e. The van der Waals surface area contributed by atoms with Crippen LogP contribution in [-0.2, 0) is 22.4 Å². The lowest BCUT2D eigenvalue weighted by Crippen LogP contribution is -2.49. The van der Waals surface area contributed by atoms with E-state index in [1.54, 1.807) is 6.92 Å². The van der Waals surface area contributed by atoms with Crippen molar-refractivity contribution >= 4 is 17.6 Å². The molecule has 164 valence electrons. The van der Waals surface area contributed by atoms with Gasteiger partial charge in [0.1, 0.15) is 11.7 Å². The number of nitrogens with one attached hydrogen (secondary N) is 3. The first-order valence-corrected chi connectivity index (χ1v) is 10.3. The van der Waals surface area contributed by atoms with Crippen LogP contribution in [0.3, 0.4) is 0 Å². The molecule has 3 rings (SSSR count). The van der Waals surface area contributed by atoms with E-state index in [0.717, 1.165) is 11.1 Å². The summed E-state index contributed by atoms with van der Waals surface area (Å²) >= 11 is 0. The number of carbonyl (C=O) groups is 3. The van der Waals surface area contributed by atoms with Gasteiger partial charge in [0.15, 0.2) is 0 Å². The van der Waals surface area contributed by atoms with Crippen LogP contribution in [0.5, 0.6) is 0 Å². The lowest BCUT2D eigenvalue weighted by atomic mass is 10.0. The first-order chi connectivity index (χ1) is 15.4. The van der Waals surface area contributed by atoms with Gasteiger partial charge in [0.05, 0.1) is 0 Å². The summed E-state index contributed by atoms with van der Waals surface area (Å²) in [6, 6.07) is 20.5. The zero-order valence-corrected chi connectivity index (χ0v) is 17.8. The number of H-pyrrole nitrogens is 1. The van der Waals surface area contributed by atoms with Gasteiger partial charge in [-0.3, -0.25) is 19.2 Å². The molecule has 0 radical (unpaired) electrons. The van der Waals surface area contributed by atoms with Crippen LogP contribution in [0.25, 0.3) is 0 Å². The molecule has 0 aliphatic rings. The molecule has 0 fully saturated rings. The summed E-state index contributed by atoms with van der Waals surface area (Å²) in [5.41, 5.74) is 2.03. The highest BCUT2D eigenvalue weighted by molar-refractivity contribution is 6.38. The molecule has 0 unspecified atom stereocenters. The Morgan fingerprint density at radius 1 is 0.875 bits per heavy atom. The van der Waals surface area contributed by atoms with Crippen molar-refractivity contribution in [3.05, 3.63) is 106 Å². The summed E-state index contributed by atoms with van der Waals surface area (Å²) in [6.07, 6.45) is 0.730. The highest BCUT2D eigenvalue weighted by Crippen LogP contribution is 2.07. The highest BCUT2D eigenvalue weighted by atomic mass is 16.2. The number of benzene rings is 2. The SMILES string of the molecule is Cc1ccc(=O)[nH]c1C(=O)N[C@@H](Cc1ccccc1)C(=O)C(=O)NCCc1ccccc1. The second kappa shape index (κ2) is 10.9. The van der Waals surface area contributed by atoms with E-state index in [1.165, 1.54) is 12.1 Å². The summed E-state index contributed by atoms with van der Waals surface area (Å²) in [7, 11) is 0. The van der Waals surface area contributed by atoms with Crippen molar-refractivity contribution in [3.63, 3.8) is 0 Å². The van der Waals surface area contributed by atoms with E-state index in [4.69, 9.17) is 0 Å². The van der Waals surface area contributed by atoms with Crippen LogP contribution in [0, 0.1) is 6.92 Å². The van der Waals surface area contributed by atoms with Crippen LogP contribution in [0.2, 0.25) is 0 Å². The normalized spacial score (nSPS) is 11.4. The van der Waals surface area contributed by atoms with Crippen molar-refractivity contribution in [1.82, 2.24) is 15.6 Å². The Hall–Kier alpha value is -4.00. The molecule has 0 saturated heterocycles. The summed E-state index contributed by atoms with van der Waals surface area (Å²) < 4.78 is 0. The van der Waals surface area contributed by atoms with Crippen molar-refractivity contribution in [1.29, 1.82) is 0 Å². The largest absolute Gasteiger partial charge is 0.349 e. The number of hydrogen-bond donors (Lipinski definition) is 3. The number of aromatic nitrogens is 1. The monoisotopic (exact) mass is 431 g/mol. The number of aryl methyl sites for hydroxylation is 1. The van der Waals surface area contributed by atoms with Crippen LogP contribution >= 0.6 is 0 Å². The maximum atomic E-state index is 12.9. The van der Waals surface area contributed by atoms with E-state index < -0.39 is 29.2 Å². The molecule has 0 bridgehead atoms. The molecular formula is C25H25N3O4. The van der Waals surface area contributed by atoms with Gasteiger partial charge in [-0.2, -0.15) is 0 Å². The molecule has 3 aromatic rings. The topological polar surface area (TPSA) is 108 Å². The second-order valence-corrected chi connectivity index (χ2v) is 7.45. The van der Waals surface area contributed by atoms with Gasteiger partial charge < -0.3 is 15.6 Å². The van der Waals surface area contributed by atoms with Crippen LogP contribution in [0.1, 0.15) is 27.2 Å².